The fraction of sp³-hybridized carbons (Fsp3) is 0.0400. The highest BCUT2D eigenvalue weighted by Crippen LogP contribution is 2.53. The first-order chi connectivity index (χ1) is 26.1. The molecule has 0 amide bonds. The van der Waals surface area contributed by atoms with Gasteiger partial charge < -0.3 is 13.7 Å². The predicted molar refractivity (Wildman–Crippen MR) is 219 cm³/mol. The van der Waals surface area contributed by atoms with Crippen LogP contribution in [0.2, 0.25) is 0 Å². The molecule has 0 spiro atoms. The topological polar surface area (TPSA) is 29.5 Å². The number of hydrogen-bond donors (Lipinski definition) is 0. The van der Waals surface area contributed by atoms with E-state index in [4.69, 9.17) is 8.83 Å². The number of nitrogens with zero attached hydrogens (tertiary/aromatic N) is 1. The highest BCUT2D eigenvalue weighted by atomic mass is 16.3. The summed E-state index contributed by atoms with van der Waals surface area (Å²) >= 11 is 0. The van der Waals surface area contributed by atoms with Crippen molar-refractivity contribution in [2.45, 2.75) is 12.3 Å². The Hall–Kier alpha value is -6.84. The minimum absolute atomic E-state index is 0.266. The van der Waals surface area contributed by atoms with E-state index in [1.165, 1.54) is 27.8 Å². The molecule has 0 fully saturated rings. The number of anilines is 3. The first kappa shape index (κ1) is 29.8. The Labute approximate surface area is 307 Å². The van der Waals surface area contributed by atoms with Crippen molar-refractivity contribution in [3.05, 3.63) is 199 Å². The average molecular weight is 680 g/mol. The van der Waals surface area contributed by atoms with Gasteiger partial charge in [-0.05, 0) is 101 Å². The molecule has 1 aliphatic rings. The molecule has 2 heterocycles. The monoisotopic (exact) mass is 679 g/mol. The van der Waals surface area contributed by atoms with Crippen LogP contribution in [-0.2, 0) is 5.41 Å². The van der Waals surface area contributed by atoms with Crippen molar-refractivity contribution >= 4 is 60.9 Å². The summed E-state index contributed by atoms with van der Waals surface area (Å²) in [6, 6.07) is 64.9. The molecule has 0 saturated heterocycles. The first-order valence-electron chi connectivity index (χ1n) is 18.2. The van der Waals surface area contributed by atoms with Crippen LogP contribution in [0, 0.1) is 0 Å². The molecule has 0 bridgehead atoms. The number of furan rings is 2. The van der Waals surface area contributed by atoms with Gasteiger partial charge >= 0.3 is 0 Å². The highest BCUT2D eigenvalue weighted by Gasteiger charge is 2.40. The molecule has 2 aromatic heterocycles. The molecule has 11 rings (SSSR count). The number of rotatable bonds is 5. The van der Waals surface area contributed by atoms with E-state index in [9.17, 15) is 0 Å². The van der Waals surface area contributed by atoms with E-state index < -0.39 is 0 Å². The molecule has 1 aliphatic carbocycles. The standard InChI is InChI=1S/C50H33NO2/c1-50(44-19-8-5-14-38(44)39-15-6-9-20-45(39)50)33-24-28-48-42(30-33)41-18-11-17-37(49(41)53-48)32-22-25-35(26-23-32)51(34-12-3-2-4-13-34)36-27-29-47-43(31-36)40-16-7-10-21-46(40)52-47/h2-31H,1H3. The number of benzene rings is 8. The predicted octanol–water partition coefficient (Wildman–Crippen LogP) is 14.0. The zero-order valence-electron chi connectivity index (χ0n) is 29.1. The molecule has 0 aliphatic heterocycles. The molecule has 0 N–H and O–H groups in total. The SMILES string of the molecule is CC1(c2ccc3oc4c(-c5ccc(N(c6ccccc6)c6ccc7oc8ccccc8c7c6)cc5)cccc4c3c2)c2ccccc2-c2ccccc21. The molecule has 3 heteroatoms. The lowest BCUT2D eigenvalue weighted by molar-refractivity contribution is 0.668. The van der Waals surface area contributed by atoms with Crippen LogP contribution in [0.5, 0.6) is 0 Å². The normalized spacial score (nSPS) is 13.2. The van der Waals surface area contributed by atoms with E-state index in [2.05, 4.69) is 182 Å². The maximum atomic E-state index is 6.69. The van der Waals surface area contributed by atoms with Gasteiger partial charge in [0.05, 0.1) is 0 Å². The highest BCUT2D eigenvalue weighted by molar-refractivity contribution is 6.10. The summed E-state index contributed by atoms with van der Waals surface area (Å²) in [5.41, 5.74) is 15.3. The van der Waals surface area contributed by atoms with Gasteiger partial charge in [-0.25, -0.2) is 0 Å². The van der Waals surface area contributed by atoms with Crippen LogP contribution in [0.3, 0.4) is 0 Å². The van der Waals surface area contributed by atoms with Crippen molar-refractivity contribution in [1.82, 2.24) is 0 Å². The number of fused-ring (bicyclic) bond motifs is 9. The van der Waals surface area contributed by atoms with Gasteiger partial charge in [0.15, 0.2) is 0 Å². The maximum absolute atomic E-state index is 6.69. The second-order valence-corrected chi connectivity index (χ2v) is 14.2. The van der Waals surface area contributed by atoms with Crippen LogP contribution in [-0.4, -0.2) is 0 Å². The molecule has 0 unspecified atom stereocenters. The third kappa shape index (κ3) is 4.41. The van der Waals surface area contributed by atoms with Gasteiger partial charge in [0.2, 0.25) is 0 Å². The lowest BCUT2D eigenvalue weighted by atomic mass is 9.74. The Bertz CT molecular complexity index is 2980. The van der Waals surface area contributed by atoms with Gasteiger partial charge in [-0.3, -0.25) is 0 Å². The van der Waals surface area contributed by atoms with E-state index in [0.29, 0.717) is 0 Å². The van der Waals surface area contributed by atoms with Crippen molar-refractivity contribution in [3.63, 3.8) is 0 Å². The van der Waals surface area contributed by atoms with E-state index in [-0.39, 0.29) is 5.41 Å². The van der Waals surface area contributed by atoms with Crippen molar-refractivity contribution in [2.24, 2.45) is 0 Å². The quantitative estimate of drug-likeness (QED) is 0.181. The Morgan fingerprint density at radius 1 is 0.396 bits per heavy atom. The van der Waals surface area contributed by atoms with Crippen molar-refractivity contribution in [2.75, 3.05) is 4.90 Å². The molecule has 250 valence electrons. The van der Waals surface area contributed by atoms with Crippen LogP contribution in [0.25, 0.3) is 66.1 Å². The lowest BCUT2D eigenvalue weighted by Crippen LogP contribution is -2.22. The van der Waals surface area contributed by atoms with E-state index in [0.717, 1.165) is 72.1 Å². The maximum Gasteiger partial charge on any atom is 0.143 e. The smallest absolute Gasteiger partial charge is 0.143 e. The summed E-state index contributed by atoms with van der Waals surface area (Å²) in [6.07, 6.45) is 0. The van der Waals surface area contributed by atoms with Crippen LogP contribution < -0.4 is 4.90 Å². The first-order valence-corrected chi connectivity index (χ1v) is 18.2. The summed E-state index contributed by atoms with van der Waals surface area (Å²) in [7, 11) is 0. The summed E-state index contributed by atoms with van der Waals surface area (Å²) in [4.78, 5) is 2.30. The molecule has 8 aromatic carbocycles. The third-order valence-corrected chi connectivity index (χ3v) is 11.4. The third-order valence-electron chi connectivity index (χ3n) is 11.4. The molecule has 53 heavy (non-hydrogen) atoms. The second-order valence-electron chi connectivity index (χ2n) is 14.2. The van der Waals surface area contributed by atoms with Crippen LogP contribution >= 0.6 is 0 Å². The number of hydrogen-bond acceptors (Lipinski definition) is 3. The van der Waals surface area contributed by atoms with Crippen molar-refractivity contribution in [1.29, 1.82) is 0 Å². The fourth-order valence-corrected chi connectivity index (χ4v) is 8.77. The Morgan fingerprint density at radius 2 is 0.962 bits per heavy atom. The van der Waals surface area contributed by atoms with Gasteiger partial charge in [0, 0.05) is 49.6 Å². The van der Waals surface area contributed by atoms with Crippen LogP contribution in [0.1, 0.15) is 23.6 Å². The number of para-hydroxylation sites is 3. The van der Waals surface area contributed by atoms with E-state index >= 15 is 0 Å². The second kappa shape index (κ2) is 11.3. The van der Waals surface area contributed by atoms with Gasteiger partial charge in [-0.1, -0.05) is 121 Å². The molecular weight excluding hydrogens is 647 g/mol. The van der Waals surface area contributed by atoms with Crippen molar-refractivity contribution < 1.29 is 8.83 Å². The molecule has 0 atom stereocenters. The molecular formula is C50H33NO2. The van der Waals surface area contributed by atoms with Crippen LogP contribution in [0.15, 0.2) is 191 Å². The summed E-state index contributed by atoms with van der Waals surface area (Å²) in [5.74, 6) is 0. The van der Waals surface area contributed by atoms with Crippen molar-refractivity contribution in [3.8, 4) is 22.3 Å². The fourth-order valence-electron chi connectivity index (χ4n) is 8.77. The average Bonchev–Trinajstić information content (AvgIpc) is 3.87. The molecule has 3 nitrogen and oxygen atoms in total. The molecule has 0 saturated carbocycles. The lowest BCUT2D eigenvalue weighted by Gasteiger charge is -2.28. The minimum atomic E-state index is -0.266. The van der Waals surface area contributed by atoms with Gasteiger partial charge in [0.1, 0.15) is 22.3 Å². The Balaban J connectivity index is 1.01. The largest absolute Gasteiger partial charge is 0.456 e. The van der Waals surface area contributed by atoms with Crippen LogP contribution in [0.4, 0.5) is 17.1 Å². The summed E-state index contributed by atoms with van der Waals surface area (Å²) < 4.78 is 12.9. The van der Waals surface area contributed by atoms with E-state index in [1.54, 1.807) is 0 Å². The Morgan fingerprint density at radius 3 is 1.75 bits per heavy atom. The molecule has 10 aromatic rings. The van der Waals surface area contributed by atoms with Gasteiger partial charge in [-0.15, -0.1) is 0 Å². The zero-order valence-corrected chi connectivity index (χ0v) is 29.1. The zero-order chi connectivity index (χ0) is 35.1. The Kier molecular flexibility index (Phi) is 6.38. The van der Waals surface area contributed by atoms with Gasteiger partial charge in [0.25, 0.3) is 0 Å². The summed E-state index contributed by atoms with van der Waals surface area (Å²) in [5, 5.41) is 4.48. The minimum Gasteiger partial charge on any atom is -0.456 e. The van der Waals surface area contributed by atoms with E-state index in [1.807, 2.05) is 12.1 Å². The molecule has 0 radical (unpaired) electrons. The van der Waals surface area contributed by atoms with Gasteiger partial charge in [-0.2, -0.15) is 0 Å². The summed E-state index contributed by atoms with van der Waals surface area (Å²) in [6.45, 7) is 2.36.